The molecule has 114 valence electrons. The van der Waals surface area contributed by atoms with Crippen molar-refractivity contribution in [1.82, 2.24) is 20.0 Å². The van der Waals surface area contributed by atoms with Crippen LogP contribution in [0.3, 0.4) is 0 Å². The van der Waals surface area contributed by atoms with Crippen molar-refractivity contribution >= 4 is 0 Å². The number of hydrogen-bond acceptors (Lipinski definition) is 4. The van der Waals surface area contributed by atoms with Gasteiger partial charge in [0.25, 0.3) is 0 Å². The van der Waals surface area contributed by atoms with Crippen LogP contribution in [0.2, 0.25) is 0 Å². The van der Waals surface area contributed by atoms with Crippen molar-refractivity contribution in [1.29, 1.82) is 0 Å². The highest BCUT2D eigenvalue weighted by Gasteiger charge is 2.23. The van der Waals surface area contributed by atoms with E-state index >= 15 is 0 Å². The first-order valence-electron chi connectivity index (χ1n) is 7.64. The normalized spacial score (nSPS) is 22.9. The minimum Gasteiger partial charge on any atom is -0.392 e. The van der Waals surface area contributed by atoms with Crippen LogP contribution in [0.1, 0.15) is 36.7 Å². The number of nitrogens with one attached hydrogen (secondary N) is 1. The molecule has 0 bridgehead atoms. The molecule has 0 aromatic carbocycles. The fraction of sp³-hybridized carbons (Fsp3) is 0.800. The van der Waals surface area contributed by atoms with Gasteiger partial charge in [-0.25, -0.2) is 0 Å². The molecule has 20 heavy (non-hydrogen) atoms. The predicted octanol–water partition coefficient (Wildman–Crippen LogP) is 1.06. The summed E-state index contributed by atoms with van der Waals surface area (Å²) in [5.41, 5.74) is 3.78. The molecule has 0 amide bonds. The van der Waals surface area contributed by atoms with E-state index in [0.717, 1.165) is 44.7 Å². The molecule has 1 fully saturated rings. The highest BCUT2D eigenvalue weighted by molar-refractivity contribution is 5.24. The van der Waals surface area contributed by atoms with Crippen LogP contribution in [0.5, 0.6) is 0 Å². The average molecular weight is 280 g/mol. The molecule has 2 N–H and O–H groups in total. The zero-order chi connectivity index (χ0) is 14.7. The van der Waals surface area contributed by atoms with E-state index in [0.29, 0.717) is 6.04 Å². The Morgan fingerprint density at radius 2 is 2.20 bits per heavy atom. The molecule has 1 aliphatic heterocycles. The molecule has 2 atom stereocenters. The summed E-state index contributed by atoms with van der Waals surface area (Å²) in [6.45, 7) is 10.1. The minimum absolute atomic E-state index is 0.177. The fourth-order valence-electron chi connectivity index (χ4n) is 3.04. The van der Waals surface area contributed by atoms with Gasteiger partial charge in [0.1, 0.15) is 0 Å². The lowest BCUT2D eigenvalue weighted by atomic mass is 10.1. The number of aryl methyl sites for hydroxylation is 2. The second kappa shape index (κ2) is 6.70. The topological polar surface area (TPSA) is 53.3 Å². The SMILES string of the molecule is CCCn1nc(C)c(CN(C)C[C@@H]2C[C@@H](O)CN2)c1C. The van der Waals surface area contributed by atoms with E-state index < -0.39 is 0 Å². The third-order valence-electron chi connectivity index (χ3n) is 4.13. The van der Waals surface area contributed by atoms with Gasteiger partial charge >= 0.3 is 0 Å². The third-order valence-corrected chi connectivity index (χ3v) is 4.13. The first-order valence-corrected chi connectivity index (χ1v) is 7.64. The molecule has 5 nitrogen and oxygen atoms in total. The van der Waals surface area contributed by atoms with Gasteiger partial charge in [-0.1, -0.05) is 6.92 Å². The van der Waals surface area contributed by atoms with Crippen LogP contribution in [-0.4, -0.2) is 52.1 Å². The molecule has 1 aliphatic rings. The van der Waals surface area contributed by atoms with E-state index in [1.807, 2.05) is 0 Å². The van der Waals surface area contributed by atoms with E-state index in [2.05, 4.69) is 47.8 Å². The summed E-state index contributed by atoms with van der Waals surface area (Å²) >= 11 is 0. The number of rotatable bonds is 6. The summed E-state index contributed by atoms with van der Waals surface area (Å²) in [5, 5.41) is 17.6. The molecule has 0 radical (unpaired) electrons. The minimum atomic E-state index is -0.177. The van der Waals surface area contributed by atoms with Crippen LogP contribution in [0.15, 0.2) is 0 Å². The third kappa shape index (κ3) is 3.59. The average Bonchev–Trinajstić information content (AvgIpc) is 2.89. The number of aliphatic hydroxyl groups excluding tert-OH is 1. The summed E-state index contributed by atoms with van der Waals surface area (Å²) in [7, 11) is 2.14. The highest BCUT2D eigenvalue weighted by Crippen LogP contribution is 2.16. The van der Waals surface area contributed by atoms with Gasteiger partial charge in [0, 0.05) is 43.5 Å². The first-order chi connectivity index (χ1) is 9.51. The van der Waals surface area contributed by atoms with E-state index in [4.69, 9.17) is 0 Å². The zero-order valence-corrected chi connectivity index (χ0v) is 13.2. The molecule has 2 heterocycles. The maximum absolute atomic E-state index is 9.56. The van der Waals surface area contributed by atoms with Crippen molar-refractivity contribution in [3.05, 3.63) is 17.0 Å². The van der Waals surface area contributed by atoms with Crippen LogP contribution in [0.4, 0.5) is 0 Å². The summed E-state index contributed by atoms with van der Waals surface area (Å²) in [6.07, 6.45) is 1.79. The predicted molar refractivity (Wildman–Crippen MR) is 80.7 cm³/mol. The lowest BCUT2D eigenvalue weighted by Gasteiger charge is -2.21. The van der Waals surface area contributed by atoms with Crippen LogP contribution < -0.4 is 5.32 Å². The lowest BCUT2D eigenvalue weighted by molar-refractivity contribution is 0.189. The van der Waals surface area contributed by atoms with Gasteiger partial charge in [-0.15, -0.1) is 0 Å². The number of likely N-dealkylation sites (N-methyl/N-ethyl adjacent to an activating group) is 1. The van der Waals surface area contributed by atoms with Gasteiger partial charge < -0.3 is 15.3 Å². The second-order valence-electron chi connectivity index (χ2n) is 6.06. The Labute approximate surface area is 122 Å². The van der Waals surface area contributed by atoms with E-state index in [1.165, 1.54) is 11.3 Å². The Balaban J connectivity index is 1.95. The highest BCUT2D eigenvalue weighted by atomic mass is 16.3. The molecule has 0 spiro atoms. The monoisotopic (exact) mass is 280 g/mol. The molecule has 1 aromatic heterocycles. The molecular formula is C15H28N4O. The Bertz CT molecular complexity index is 443. The Morgan fingerprint density at radius 3 is 2.80 bits per heavy atom. The van der Waals surface area contributed by atoms with Crippen molar-refractivity contribution in [3.8, 4) is 0 Å². The lowest BCUT2D eigenvalue weighted by Crippen LogP contribution is -2.35. The summed E-state index contributed by atoms with van der Waals surface area (Å²) in [4.78, 5) is 2.32. The summed E-state index contributed by atoms with van der Waals surface area (Å²) in [6, 6.07) is 0.404. The van der Waals surface area contributed by atoms with Crippen LogP contribution >= 0.6 is 0 Å². The molecule has 5 heteroatoms. The Hall–Kier alpha value is -0.910. The quantitative estimate of drug-likeness (QED) is 0.818. The van der Waals surface area contributed by atoms with Gasteiger partial charge in [-0.2, -0.15) is 5.10 Å². The molecular weight excluding hydrogens is 252 g/mol. The Kier molecular flexibility index (Phi) is 5.18. The van der Waals surface area contributed by atoms with Crippen LogP contribution in [0.25, 0.3) is 0 Å². The van der Waals surface area contributed by atoms with Crippen LogP contribution in [0, 0.1) is 13.8 Å². The van der Waals surface area contributed by atoms with Crippen molar-refractivity contribution in [3.63, 3.8) is 0 Å². The van der Waals surface area contributed by atoms with E-state index in [-0.39, 0.29) is 6.10 Å². The number of aliphatic hydroxyl groups is 1. The second-order valence-corrected chi connectivity index (χ2v) is 6.06. The van der Waals surface area contributed by atoms with Crippen molar-refractivity contribution in [2.75, 3.05) is 20.1 Å². The number of β-amino-alcohol motifs (C(OH)–C–C–N with tert-alkyl or cyclic N) is 1. The fourth-order valence-corrected chi connectivity index (χ4v) is 3.04. The molecule has 0 unspecified atom stereocenters. The molecule has 1 saturated heterocycles. The molecule has 2 rings (SSSR count). The van der Waals surface area contributed by atoms with Crippen molar-refractivity contribution in [2.45, 2.75) is 58.8 Å². The maximum atomic E-state index is 9.56. The number of nitrogens with zero attached hydrogens (tertiary/aromatic N) is 3. The number of hydrogen-bond donors (Lipinski definition) is 2. The molecule has 0 aliphatic carbocycles. The van der Waals surface area contributed by atoms with E-state index in [9.17, 15) is 5.11 Å². The standard InChI is InChI=1S/C15H28N4O/c1-5-6-19-12(3)15(11(2)17-19)10-18(4)9-13-7-14(20)8-16-13/h13-14,16,20H,5-10H2,1-4H3/t13-,14+/m0/s1. The largest absolute Gasteiger partial charge is 0.392 e. The Morgan fingerprint density at radius 1 is 1.45 bits per heavy atom. The van der Waals surface area contributed by atoms with Gasteiger partial charge in [-0.3, -0.25) is 4.68 Å². The zero-order valence-electron chi connectivity index (χ0n) is 13.2. The first kappa shape index (κ1) is 15.5. The number of aromatic nitrogens is 2. The van der Waals surface area contributed by atoms with Gasteiger partial charge in [0.15, 0.2) is 0 Å². The van der Waals surface area contributed by atoms with Crippen molar-refractivity contribution in [2.24, 2.45) is 0 Å². The smallest absolute Gasteiger partial charge is 0.0680 e. The van der Waals surface area contributed by atoms with Gasteiger partial charge in [0.05, 0.1) is 11.8 Å². The van der Waals surface area contributed by atoms with Gasteiger partial charge in [0.2, 0.25) is 0 Å². The van der Waals surface area contributed by atoms with E-state index in [1.54, 1.807) is 0 Å². The molecule has 1 aromatic rings. The van der Waals surface area contributed by atoms with Crippen molar-refractivity contribution < 1.29 is 5.11 Å². The maximum Gasteiger partial charge on any atom is 0.0680 e. The summed E-state index contributed by atoms with van der Waals surface area (Å²) < 4.78 is 2.12. The van der Waals surface area contributed by atoms with Crippen LogP contribution in [-0.2, 0) is 13.1 Å². The van der Waals surface area contributed by atoms with Gasteiger partial charge in [-0.05, 0) is 33.7 Å². The summed E-state index contributed by atoms with van der Waals surface area (Å²) in [5.74, 6) is 0. The molecule has 0 saturated carbocycles.